The molecule has 0 aliphatic rings. The van der Waals surface area contributed by atoms with Gasteiger partial charge in [-0.2, -0.15) is 0 Å². The number of pyridine rings is 1. The number of hydrogen-bond donors (Lipinski definition) is 3. The Morgan fingerprint density at radius 2 is 2.38 bits per heavy atom. The van der Waals surface area contributed by atoms with E-state index in [-0.39, 0.29) is 11.9 Å². The lowest BCUT2D eigenvalue weighted by Gasteiger charge is -2.09. The van der Waals surface area contributed by atoms with E-state index in [9.17, 15) is 4.79 Å². The predicted octanol–water partition coefficient (Wildman–Crippen LogP) is 0.590. The van der Waals surface area contributed by atoms with Gasteiger partial charge in [-0.15, -0.1) is 0 Å². The first-order valence-corrected chi connectivity index (χ1v) is 5.31. The van der Waals surface area contributed by atoms with Gasteiger partial charge in [0.25, 0.3) is 5.91 Å². The Bertz CT molecular complexity index is 352. The molecule has 0 aliphatic carbocycles. The lowest BCUT2D eigenvalue weighted by molar-refractivity contribution is 0.0958. The smallest absolute Gasteiger partial charge is 0.269 e. The van der Waals surface area contributed by atoms with Crippen LogP contribution in [0.2, 0.25) is 0 Å². The topological polar surface area (TPSA) is 80.0 Å². The summed E-state index contributed by atoms with van der Waals surface area (Å²) in [4.78, 5) is 15.3. The summed E-state index contributed by atoms with van der Waals surface area (Å²) in [6, 6.07) is 3.72. The monoisotopic (exact) mass is 222 g/mol. The Morgan fingerprint density at radius 3 is 3.00 bits per heavy atom. The van der Waals surface area contributed by atoms with Gasteiger partial charge < -0.3 is 16.4 Å². The first-order chi connectivity index (χ1) is 7.63. The van der Waals surface area contributed by atoms with Crippen LogP contribution in [0, 0.1) is 0 Å². The van der Waals surface area contributed by atoms with Crippen molar-refractivity contribution >= 4 is 11.6 Å². The molecule has 1 amide bonds. The second kappa shape index (κ2) is 6.07. The molecule has 0 radical (unpaired) electrons. The quantitative estimate of drug-likeness (QED) is 0.681. The highest BCUT2D eigenvalue weighted by Gasteiger charge is 2.04. The van der Waals surface area contributed by atoms with Crippen LogP contribution in [0.4, 0.5) is 5.69 Å². The summed E-state index contributed by atoms with van der Waals surface area (Å²) in [6.07, 6.45) is 2.50. The summed E-state index contributed by atoms with van der Waals surface area (Å²) in [5.74, 6) is -0.184. The van der Waals surface area contributed by atoms with Crippen molar-refractivity contribution in [3.63, 3.8) is 0 Å². The third-order valence-corrected chi connectivity index (χ3v) is 2.15. The highest BCUT2D eigenvalue weighted by Crippen LogP contribution is 2.07. The van der Waals surface area contributed by atoms with Crippen LogP contribution < -0.4 is 16.4 Å². The maximum atomic E-state index is 11.3. The van der Waals surface area contributed by atoms with E-state index in [2.05, 4.69) is 15.6 Å². The van der Waals surface area contributed by atoms with E-state index in [1.165, 1.54) is 0 Å². The van der Waals surface area contributed by atoms with Gasteiger partial charge in [0.05, 0.1) is 0 Å². The minimum absolute atomic E-state index is 0.174. The van der Waals surface area contributed by atoms with E-state index in [4.69, 9.17) is 5.73 Å². The van der Waals surface area contributed by atoms with Crippen LogP contribution in [0.5, 0.6) is 0 Å². The van der Waals surface area contributed by atoms with Gasteiger partial charge in [-0.3, -0.25) is 9.78 Å². The van der Waals surface area contributed by atoms with Crippen molar-refractivity contribution in [2.45, 2.75) is 19.4 Å². The van der Waals surface area contributed by atoms with Crippen molar-refractivity contribution in [2.75, 3.05) is 18.9 Å². The molecule has 1 heterocycles. The molecule has 0 aliphatic heterocycles. The second-order valence-electron chi connectivity index (χ2n) is 3.70. The maximum Gasteiger partial charge on any atom is 0.269 e. The molecule has 1 unspecified atom stereocenters. The number of carbonyl (C=O) groups excluding carboxylic acids is 1. The van der Waals surface area contributed by atoms with Crippen molar-refractivity contribution in [3.05, 3.63) is 24.0 Å². The number of nitrogens with two attached hydrogens (primary N) is 1. The van der Waals surface area contributed by atoms with Gasteiger partial charge in [0.1, 0.15) is 5.69 Å². The highest BCUT2D eigenvalue weighted by atomic mass is 16.1. The molecule has 0 spiro atoms. The number of nitrogens with zero attached hydrogens (tertiary/aromatic N) is 1. The fourth-order valence-electron chi connectivity index (χ4n) is 1.24. The van der Waals surface area contributed by atoms with Gasteiger partial charge in [0.15, 0.2) is 0 Å². The molecular weight excluding hydrogens is 204 g/mol. The zero-order valence-corrected chi connectivity index (χ0v) is 9.66. The zero-order valence-electron chi connectivity index (χ0n) is 9.66. The number of anilines is 1. The van der Waals surface area contributed by atoms with E-state index < -0.39 is 0 Å². The molecule has 1 rings (SSSR count). The average Bonchev–Trinajstić information content (AvgIpc) is 2.28. The minimum Gasteiger partial charge on any atom is -0.385 e. The first kappa shape index (κ1) is 12.4. The molecule has 16 heavy (non-hydrogen) atoms. The van der Waals surface area contributed by atoms with Gasteiger partial charge >= 0.3 is 0 Å². The van der Waals surface area contributed by atoms with E-state index in [1.54, 1.807) is 19.3 Å². The van der Waals surface area contributed by atoms with Crippen molar-refractivity contribution in [1.82, 2.24) is 10.3 Å². The third-order valence-electron chi connectivity index (χ3n) is 2.15. The van der Waals surface area contributed by atoms with Crippen LogP contribution in [0.3, 0.4) is 0 Å². The molecule has 1 atom stereocenters. The van der Waals surface area contributed by atoms with E-state index in [0.29, 0.717) is 5.69 Å². The van der Waals surface area contributed by atoms with Crippen molar-refractivity contribution in [2.24, 2.45) is 5.73 Å². The normalized spacial score (nSPS) is 11.9. The van der Waals surface area contributed by atoms with E-state index in [1.807, 2.05) is 13.0 Å². The Hall–Kier alpha value is -1.62. The Kier molecular flexibility index (Phi) is 4.72. The van der Waals surface area contributed by atoms with Crippen LogP contribution in [-0.4, -0.2) is 30.5 Å². The van der Waals surface area contributed by atoms with Gasteiger partial charge in [-0.1, -0.05) is 0 Å². The summed E-state index contributed by atoms with van der Waals surface area (Å²) in [5.41, 5.74) is 6.93. The lowest BCUT2D eigenvalue weighted by Crippen LogP contribution is -2.20. The number of rotatable bonds is 5. The van der Waals surface area contributed by atoms with Crippen molar-refractivity contribution in [3.8, 4) is 0 Å². The Morgan fingerprint density at radius 1 is 1.62 bits per heavy atom. The van der Waals surface area contributed by atoms with Gasteiger partial charge in [0.2, 0.25) is 0 Å². The summed E-state index contributed by atoms with van der Waals surface area (Å²) in [6.45, 7) is 2.75. The maximum absolute atomic E-state index is 11.3. The second-order valence-corrected chi connectivity index (χ2v) is 3.70. The van der Waals surface area contributed by atoms with Gasteiger partial charge in [-0.05, 0) is 25.5 Å². The number of nitrogens with one attached hydrogen (secondary N) is 2. The molecule has 1 aromatic rings. The van der Waals surface area contributed by atoms with Crippen molar-refractivity contribution < 1.29 is 4.79 Å². The molecule has 0 aromatic carbocycles. The molecule has 5 nitrogen and oxygen atoms in total. The lowest BCUT2D eigenvalue weighted by atomic mass is 10.2. The SMILES string of the molecule is CNC(=O)c1cc(NCCC(C)N)ccn1. The van der Waals surface area contributed by atoms with E-state index >= 15 is 0 Å². The Balaban J connectivity index is 2.57. The third kappa shape index (κ3) is 3.86. The summed E-state index contributed by atoms with van der Waals surface area (Å²) in [5, 5.41) is 5.73. The van der Waals surface area contributed by atoms with Crippen LogP contribution in [0.15, 0.2) is 18.3 Å². The number of aromatic nitrogens is 1. The Labute approximate surface area is 95.4 Å². The largest absolute Gasteiger partial charge is 0.385 e. The van der Waals surface area contributed by atoms with Crippen LogP contribution >= 0.6 is 0 Å². The molecular formula is C11H18N4O. The predicted molar refractivity (Wildman–Crippen MR) is 64.4 cm³/mol. The molecule has 88 valence electrons. The average molecular weight is 222 g/mol. The molecule has 0 fully saturated rings. The standard InChI is InChI=1S/C11H18N4O/c1-8(12)3-5-14-9-4-6-15-10(7-9)11(16)13-2/h4,6-8H,3,5,12H2,1-2H3,(H,13,16)(H,14,15). The molecule has 1 aromatic heterocycles. The summed E-state index contributed by atoms with van der Waals surface area (Å²) in [7, 11) is 1.58. The molecule has 0 saturated carbocycles. The highest BCUT2D eigenvalue weighted by molar-refractivity contribution is 5.92. The van der Waals surface area contributed by atoms with Crippen LogP contribution in [0.1, 0.15) is 23.8 Å². The minimum atomic E-state index is -0.184. The zero-order chi connectivity index (χ0) is 12.0. The first-order valence-electron chi connectivity index (χ1n) is 5.31. The number of hydrogen-bond acceptors (Lipinski definition) is 4. The van der Waals surface area contributed by atoms with Crippen LogP contribution in [-0.2, 0) is 0 Å². The van der Waals surface area contributed by atoms with Gasteiger partial charge in [0, 0.05) is 31.5 Å². The summed E-state index contributed by atoms with van der Waals surface area (Å²) < 4.78 is 0. The molecule has 0 saturated heterocycles. The van der Waals surface area contributed by atoms with Crippen LogP contribution in [0.25, 0.3) is 0 Å². The van der Waals surface area contributed by atoms with E-state index in [0.717, 1.165) is 18.7 Å². The fraction of sp³-hybridized carbons (Fsp3) is 0.455. The fourth-order valence-corrected chi connectivity index (χ4v) is 1.24. The van der Waals surface area contributed by atoms with Crippen molar-refractivity contribution in [1.29, 1.82) is 0 Å². The summed E-state index contributed by atoms with van der Waals surface area (Å²) >= 11 is 0. The molecule has 4 N–H and O–H groups in total. The number of carbonyl (C=O) groups is 1. The number of amides is 1. The molecule has 0 bridgehead atoms. The van der Waals surface area contributed by atoms with Gasteiger partial charge in [-0.25, -0.2) is 0 Å². The molecule has 5 heteroatoms.